The van der Waals surface area contributed by atoms with Crippen molar-refractivity contribution in [3.05, 3.63) is 24.3 Å². The Labute approximate surface area is 138 Å². The summed E-state index contributed by atoms with van der Waals surface area (Å²) in [7, 11) is 1.60. The minimum atomic E-state index is 0. The first-order valence-corrected chi connectivity index (χ1v) is 7.46. The topological polar surface area (TPSA) is 59.6 Å². The van der Waals surface area contributed by atoms with Crippen LogP contribution < -0.4 is 20.1 Å². The number of nitrogens with one attached hydrogen (secondary N) is 2. The van der Waals surface area contributed by atoms with Crippen LogP contribution in [-0.2, 0) is 4.79 Å². The lowest BCUT2D eigenvalue weighted by molar-refractivity contribution is -0.122. The van der Waals surface area contributed by atoms with Crippen molar-refractivity contribution in [1.29, 1.82) is 0 Å². The van der Waals surface area contributed by atoms with Crippen LogP contribution in [0.15, 0.2) is 24.3 Å². The molecule has 1 heterocycles. The van der Waals surface area contributed by atoms with E-state index >= 15 is 0 Å². The van der Waals surface area contributed by atoms with Crippen LogP contribution in [0.1, 0.15) is 19.8 Å². The first-order valence-electron chi connectivity index (χ1n) is 7.46. The quantitative estimate of drug-likeness (QED) is 0.838. The van der Waals surface area contributed by atoms with Crippen LogP contribution >= 0.6 is 12.4 Å². The van der Waals surface area contributed by atoms with Gasteiger partial charge in [-0.15, -0.1) is 12.4 Å². The van der Waals surface area contributed by atoms with Crippen molar-refractivity contribution >= 4 is 18.3 Å². The summed E-state index contributed by atoms with van der Waals surface area (Å²) in [5.41, 5.74) is 0. The van der Waals surface area contributed by atoms with Crippen LogP contribution in [0.4, 0.5) is 0 Å². The molecule has 2 rings (SSSR count). The van der Waals surface area contributed by atoms with Crippen LogP contribution in [0.5, 0.6) is 11.5 Å². The fourth-order valence-corrected chi connectivity index (χ4v) is 2.50. The highest BCUT2D eigenvalue weighted by molar-refractivity contribution is 5.85. The summed E-state index contributed by atoms with van der Waals surface area (Å²) in [4.78, 5) is 12.0. The highest BCUT2D eigenvalue weighted by Crippen LogP contribution is 2.25. The summed E-state index contributed by atoms with van der Waals surface area (Å²) in [6.07, 6.45) is 1.34. The number of piperidine rings is 1. The van der Waals surface area contributed by atoms with Crippen molar-refractivity contribution < 1.29 is 14.3 Å². The van der Waals surface area contributed by atoms with E-state index in [1.54, 1.807) is 7.11 Å². The van der Waals surface area contributed by atoms with Gasteiger partial charge in [-0.3, -0.25) is 4.79 Å². The number of halogens is 1. The maximum atomic E-state index is 12.0. The SMILES string of the molecule is COc1ccccc1OCCC(=O)NC1CCNCC1C.Cl. The van der Waals surface area contributed by atoms with E-state index < -0.39 is 0 Å². The number of carbonyl (C=O) groups is 1. The van der Waals surface area contributed by atoms with Gasteiger partial charge in [0.05, 0.1) is 20.1 Å². The highest BCUT2D eigenvalue weighted by atomic mass is 35.5. The molecule has 6 heteroatoms. The van der Waals surface area contributed by atoms with E-state index in [9.17, 15) is 4.79 Å². The summed E-state index contributed by atoms with van der Waals surface area (Å²) in [6.45, 7) is 4.43. The number of hydrogen-bond acceptors (Lipinski definition) is 4. The summed E-state index contributed by atoms with van der Waals surface area (Å²) >= 11 is 0. The Bertz CT molecular complexity index is 470. The van der Waals surface area contributed by atoms with Crippen LogP contribution in [-0.4, -0.2) is 38.8 Å². The maximum absolute atomic E-state index is 12.0. The predicted octanol–water partition coefficient (Wildman–Crippen LogP) is 2.00. The van der Waals surface area contributed by atoms with Gasteiger partial charge in [-0.25, -0.2) is 0 Å². The molecule has 0 radical (unpaired) electrons. The number of benzene rings is 1. The second-order valence-electron chi connectivity index (χ2n) is 5.39. The van der Waals surface area contributed by atoms with Crippen LogP contribution in [0.3, 0.4) is 0 Å². The van der Waals surface area contributed by atoms with Crippen LogP contribution in [0, 0.1) is 5.92 Å². The zero-order valence-corrected chi connectivity index (χ0v) is 13.9. The molecule has 0 bridgehead atoms. The molecular formula is C16H25ClN2O3. The molecule has 0 saturated carbocycles. The molecule has 2 unspecified atom stereocenters. The number of para-hydroxylation sites is 2. The molecule has 0 aromatic heterocycles. The fraction of sp³-hybridized carbons (Fsp3) is 0.562. The smallest absolute Gasteiger partial charge is 0.223 e. The first kappa shape index (κ1) is 18.6. The van der Waals surface area contributed by atoms with E-state index in [0.29, 0.717) is 30.4 Å². The maximum Gasteiger partial charge on any atom is 0.223 e. The van der Waals surface area contributed by atoms with Gasteiger partial charge in [-0.05, 0) is 37.6 Å². The molecule has 2 N–H and O–H groups in total. The highest BCUT2D eigenvalue weighted by Gasteiger charge is 2.22. The molecule has 124 valence electrons. The largest absolute Gasteiger partial charge is 0.493 e. The second-order valence-corrected chi connectivity index (χ2v) is 5.39. The molecule has 1 fully saturated rings. The van der Waals surface area contributed by atoms with E-state index in [0.717, 1.165) is 19.5 Å². The number of rotatable bonds is 6. The average molecular weight is 329 g/mol. The van der Waals surface area contributed by atoms with Gasteiger partial charge in [-0.2, -0.15) is 0 Å². The number of hydrogen-bond donors (Lipinski definition) is 2. The van der Waals surface area contributed by atoms with E-state index in [1.807, 2.05) is 24.3 Å². The summed E-state index contributed by atoms with van der Waals surface area (Å²) in [6, 6.07) is 7.72. The van der Waals surface area contributed by atoms with Gasteiger partial charge < -0.3 is 20.1 Å². The Kier molecular flexibility index (Phi) is 8.06. The number of carbonyl (C=O) groups excluding carboxylic acids is 1. The predicted molar refractivity (Wildman–Crippen MR) is 88.9 cm³/mol. The van der Waals surface area contributed by atoms with Gasteiger partial charge in [-0.1, -0.05) is 19.1 Å². The molecule has 5 nitrogen and oxygen atoms in total. The average Bonchev–Trinajstić information content (AvgIpc) is 2.50. The van der Waals surface area contributed by atoms with Gasteiger partial charge in [0.1, 0.15) is 0 Å². The molecule has 1 aliphatic heterocycles. The van der Waals surface area contributed by atoms with Crippen LogP contribution in [0.25, 0.3) is 0 Å². The summed E-state index contributed by atoms with van der Waals surface area (Å²) < 4.78 is 10.8. The molecule has 1 saturated heterocycles. The van der Waals surface area contributed by atoms with Crippen LogP contribution in [0.2, 0.25) is 0 Å². The molecule has 1 amide bonds. The minimum Gasteiger partial charge on any atom is -0.493 e. The lowest BCUT2D eigenvalue weighted by Crippen LogP contribution is -2.48. The lowest BCUT2D eigenvalue weighted by atomic mass is 9.95. The summed E-state index contributed by atoms with van der Waals surface area (Å²) in [5, 5.41) is 6.42. The monoisotopic (exact) mass is 328 g/mol. The minimum absolute atomic E-state index is 0. The normalized spacial score (nSPS) is 20.6. The molecule has 0 spiro atoms. The van der Waals surface area contributed by atoms with E-state index in [1.165, 1.54) is 0 Å². The Morgan fingerprint density at radius 3 is 2.77 bits per heavy atom. The van der Waals surface area contributed by atoms with Crippen molar-refractivity contribution in [3.63, 3.8) is 0 Å². The molecule has 22 heavy (non-hydrogen) atoms. The Morgan fingerprint density at radius 1 is 1.36 bits per heavy atom. The third-order valence-corrected chi connectivity index (χ3v) is 3.79. The van der Waals surface area contributed by atoms with E-state index in [2.05, 4.69) is 17.6 Å². The Balaban J connectivity index is 0.00000242. The number of methoxy groups -OCH3 is 1. The molecule has 2 atom stereocenters. The molecule has 1 aromatic carbocycles. The van der Waals surface area contributed by atoms with Gasteiger partial charge in [0, 0.05) is 6.04 Å². The van der Waals surface area contributed by atoms with Gasteiger partial charge in [0.2, 0.25) is 5.91 Å². The molecular weight excluding hydrogens is 304 g/mol. The molecule has 1 aliphatic rings. The third kappa shape index (κ3) is 5.39. The number of amides is 1. The van der Waals surface area contributed by atoms with E-state index in [4.69, 9.17) is 9.47 Å². The van der Waals surface area contributed by atoms with Gasteiger partial charge in [0.25, 0.3) is 0 Å². The van der Waals surface area contributed by atoms with Crippen molar-refractivity contribution in [3.8, 4) is 11.5 Å². The Morgan fingerprint density at radius 2 is 2.09 bits per heavy atom. The Hall–Kier alpha value is -1.46. The summed E-state index contributed by atoms with van der Waals surface area (Å²) in [5.74, 6) is 1.87. The van der Waals surface area contributed by atoms with Crippen molar-refractivity contribution in [2.45, 2.75) is 25.8 Å². The first-order chi connectivity index (χ1) is 10.2. The van der Waals surface area contributed by atoms with Crippen molar-refractivity contribution in [2.75, 3.05) is 26.8 Å². The standard InChI is InChI=1S/C16H24N2O3.ClH/c1-12-11-17-9-7-13(12)18-16(19)8-10-21-15-6-4-3-5-14(15)20-2;/h3-6,12-13,17H,7-11H2,1-2H3,(H,18,19);1H. The van der Waals surface area contributed by atoms with Crippen molar-refractivity contribution in [2.24, 2.45) is 5.92 Å². The van der Waals surface area contributed by atoms with Crippen molar-refractivity contribution in [1.82, 2.24) is 10.6 Å². The molecule has 0 aliphatic carbocycles. The van der Waals surface area contributed by atoms with Gasteiger partial charge >= 0.3 is 0 Å². The number of ether oxygens (including phenoxy) is 2. The fourth-order valence-electron chi connectivity index (χ4n) is 2.50. The second kappa shape index (κ2) is 9.54. The zero-order chi connectivity index (χ0) is 15.1. The zero-order valence-electron chi connectivity index (χ0n) is 13.1. The molecule has 1 aromatic rings. The third-order valence-electron chi connectivity index (χ3n) is 3.79. The van der Waals surface area contributed by atoms with Gasteiger partial charge in [0.15, 0.2) is 11.5 Å². The lowest BCUT2D eigenvalue weighted by Gasteiger charge is -2.30. The van der Waals surface area contributed by atoms with E-state index in [-0.39, 0.29) is 24.4 Å².